The molecule has 6 nitrogen and oxygen atoms in total. The molecule has 128 valence electrons. The zero-order chi connectivity index (χ0) is 16.9. The molecule has 0 heterocycles. The molecule has 0 amide bonds. The SMILES string of the molecule is CNC(=N)NCCCCCCNC(=N)NCc1ccc(Cl)cc1. The van der Waals surface area contributed by atoms with E-state index >= 15 is 0 Å². The first-order chi connectivity index (χ1) is 11.1. The minimum absolute atomic E-state index is 0.351. The molecule has 1 aromatic rings. The summed E-state index contributed by atoms with van der Waals surface area (Å²) in [4.78, 5) is 0. The second-order valence-electron chi connectivity index (χ2n) is 5.25. The fourth-order valence-corrected chi connectivity index (χ4v) is 2.10. The molecule has 0 aromatic heterocycles. The molecule has 0 aliphatic rings. The number of benzene rings is 1. The largest absolute Gasteiger partial charge is 0.360 e. The summed E-state index contributed by atoms with van der Waals surface area (Å²) < 4.78 is 0. The van der Waals surface area contributed by atoms with Crippen molar-refractivity contribution in [3.8, 4) is 0 Å². The van der Waals surface area contributed by atoms with E-state index in [1.165, 1.54) is 0 Å². The van der Waals surface area contributed by atoms with Crippen LogP contribution in [-0.2, 0) is 6.54 Å². The van der Waals surface area contributed by atoms with Crippen molar-refractivity contribution >= 4 is 23.5 Å². The highest BCUT2D eigenvalue weighted by Crippen LogP contribution is 2.08. The zero-order valence-corrected chi connectivity index (χ0v) is 14.4. The molecule has 0 bridgehead atoms. The van der Waals surface area contributed by atoms with Gasteiger partial charge in [-0.2, -0.15) is 0 Å². The van der Waals surface area contributed by atoms with Gasteiger partial charge in [0.2, 0.25) is 0 Å². The van der Waals surface area contributed by atoms with Crippen molar-refractivity contribution in [2.24, 2.45) is 0 Å². The van der Waals surface area contributed by atoms with Crippen molar-refractivity contribution in [3.63, 3.8) is 0 Å². The minimum Gasteiger partial charge on any atom is -0.360 e. The van der Waals surface area contributed by atoms with Crippen LogP contribution in [0.25, 0.3) is 0 Å². The number of rotatable bonds is 9. The average molecular weight is 339 g/mol. The smallest absolute Gasteiger partial charge is 0.188 e. The number of halogens is 1. The minimum atomic E-state index is 0.351. The summed E-state index contributed by atoms with van der Waals surface area (Å²) in [6, 6.07) is 7.60. The van der Waals surface area contributed by atoms with Crippen LogP contribution in [0.4, 0.5) is 0 Å². The molecule has 23 heavy (non-hydrogen) atoms. The third kappa shape index (κ3) is 9.63. The van der Waals surface area contributed by atoms with Crippen molar-refractivity contribution in [2.45, 2.75) is 32.2 Å². The Bertz CT molecular complexity index is 474. The lowest BCUT2D eigenvalue weighted by Gasteiger charge is -2.10. The van der Waals surface area contributed by atoms with E-state index in [0.717, 1.165) is 49.4 Å². The van der Waals surface area contributed by atoms with Crippen molar-refractivity contribution in [2.75, 3.05) is 20.1 Å². The molecule has 0 fully saturated rings. The highest BCUT2D eigenvalue weighted by atomic mass is 35.5. The number of guanidine groups is 2. The van der Waals surface area contributed by atoms with E-state index in [9.17, 15) is 0 Å². The lowest BCUT2D eigenvalue weighted by molar-refractivity contribution is 0.616. The van der Waals surface area contributed by atoms with E-state index in [1.807, 2.05) is 24.3 Å². The topological polar surface area (TPSA) is 95.8 Å². The van der Waals surface area contributed by atoms with E-state index in [1.54, 1.807) is 7.05 Å². The summed E-state index contributed by atoms with van der Waals surface area (Å²) in [5, 5.41) is 27.7. The van der Waals surface area contributed by atoms with Crippen molar-refractivity contribution < 1.29 is 0 Å². The quantitative estimate of drug-likeness (QED) is 0.236. The van der Waals surface area contributed by atoms with Crippen LogP contribution < -0.4 is 21.3 Å². The van der Waals surface area contributed by atoms with Gasteiger partial charge in [-0.15, -0.1) is 0 Å². The average Bonchev–Trinajstić information content (AvgIpc) is 2.56. The summed E-state index contributed by atoms with van der Waals surface area (Å²) >= 11 is 5.83. The molecule has 0 saturated heterocycles. The molecule has 0 spiro atoms. The number of hydrogen-bond acceptors (Lipinski definition) is 2. The highest BCUT2D eigenvalue weighted by molar-refractivity contribution is 6.30. The van der Waals surface area contributed by atoms with Crippen molar-refractivity contribution in [3.05, 3.63) is 34.9 Å². The van der Waals surface area contributed by atoms with E-state index in [4.69, 9.17) is 22.4 Å². The van der Waals surface area contributed by atoms with E-state index in [0.29, 0.717) is 18.5 Å². The van der Waals surface area contributed by atoms with E-state index in [-0.39, 0.29) is 0 Å². The Morgan fingerprint density at radius 3 is 2.00 bits per heavy atom. The fourth-order valence-electron chi connectivity index (χ4n) is 1.97. The van der Waals surface area contributed by atoms with Gasteiger partial charge < -0.3 is 21.3 Å². The molecule has 6 N–H and O–H groups in total. The zero-order valence-electron chi connectivity index (χ0n) is 13.6. The third-order valence-corrected chi connectivity index (χ3v) is 3.59. The number of nitrogens with one attached hydrogen (secondary N) is 6. The van der Waals surface area contributed by atoms with Gasteiger partial charge in [0.25, 0.3) is 0 Å². The van der Waals surface area contributed by atoms with Crippen LogP contribution in [0.15, 0.2) is 24.3 Å². The van der Waals surface area contributed by atoms with Gasteiger partial charge in [-0.1, -0.05) is 36.6 Å². The number of hydrogen-bond donors (Lipinski definition) is 6. The second-order valence-corrected chi connectivity index (χ2v) is 5.68. The molecular weight excluding hydrogens is 312 g/mol. The van der Waals surface area contributed by atoms with Gasteiger partial charge in [-0.3, -0.25) is 10.8 Å². The summed E-state index contributed by atoms with van der Waals surface area (Å²) in [5.41, 5.74) is 1.10. The molecule has 0 aliphatic heterocycles. The molecule has 1 aromatic carbocycles. The Morgan fingerprint density at radius 1 is 0.870 bits per heavy atom. The Balaban J connectivity index is 1.96. The van der Waals surface area contributed by atoms with Gasteiger partial charge in [-0.05, 0) is 30.5 Å². The maximum atomic E-state index is 7.81. The van der Waals surface area contributed by atoms with Crippen LogP contribution in [0.2, 0.25) is 5.02 Å². The monoisotopic (exact) mass is 338 g/mol. The molecule has 7 heteroatoms. The molecule has 1 rings (SSSR count). The van der Waals surface area contributed by atoms with Crippen LogP contribution >= 0.6 is 11.6 Å². The number of unbranched alkanes of at least 4 members (excludes halogenated alkanes) is 3. The van der Waals surface area contributed by atoms with Gasteiger partial charge in [0.1, 0.15) is 0 Å². The molecule has 0 radical (unpaired) electrons. The van der Waals surface area contributed by atoms with Crippen LogP contribution in [0, 0.1) is 10.8 Å². The standard InChI is InChI=1S/C16H27ClN6/c1-20-15(18)21-10-4-2-3-5-11-22-16(19)23-12-13-6-8-14(17)9-7-13/h6-9H,2-5,10-12H2,1H3,(H3,18,20,21)(H3,19,22,23). The summed E-state index contributed by atoms with van der Waals surface area (Å²) in [6.07, 6.45) is 4.33. The van der Waals surface area contributed by atoms with Crippen LogP contribution in [-0.4, -0.2) is 32.1 Å². The van der Waals surface area contributed by atoms with Gasteiger partial charge in [0.05, 0.1) is 0 Å². The molecule has 0 unspecified atom stereocenters. The Hall–Kier alpha value is -1.95. The molecule has 0 atom stereocenters. The van der Waals surface area contributed by atoms with Crippen molar-refractivity contribution in [1.82, 2.24) is 21.3 Å². The maximum absolute atomic E-state index is 7.81. The fraction of sp³-hybridized carbons (Fsp3) is 0.500. The summed E-state index contributed by atoms with van der Waals surface area (Å²) in [5.74, 6) is 0.718. The summed E-state index contributed by atoms with van der Waals surface area (Å²) in [6.45, 7) is 2.24. The van der Waals surface area contributed by atoms with Crippen LogP contribution in [0.5, 0.6) is 0 Å². The molecule has 0 aliphatic carbocycles. The first kappa shape index (κ1) is 19.1. The first-order valence-electron chi connectivity index (χ1n) is 7.92. The molecular formula is C16H27ClN6. The van der Waals surface area contributed by atoms with Crippen molar-refractivity contribution in [1.29, 1.82) is 10.8 Å². The van der Waals surface area contributed by atoms with Gasteiger partial charge in [0.15, 0.2) is 11.9 Å². The van der Waals surface area contributed by atoms with E-state index < -0.39 is 0 Å². The molecule has 0 saturated carbocycles. The van der Waals surface area contributed by atoms with Crippen LogP contribution in [0.3, 0.4) is 0 Å². The summed E-state index contributed by atoms with van der Waals surface area (Å²) in [7, 11) is 1.73. The third-order valence-electron chi connectivity index (χ3n) is 3.34. The Labute approximate surface area is 143 Å². The Kier molecular flexibility index (Phi) is 9.63. The van der Waals surface area contributed by atoms with Crippen LogP contribution in [0.1, 0.15) is 31.2 Å². The van der Waals surface area contributed by atoms with Gasteiger partial charge in [0, 0.05) is 31.7 Å². The first-order valence-corrected chi connectivity index (χ1v) is 8.30. The second kappa shape index (κ2) is 11.6. The van der Waals surface area contributed by atoms with Gasteiger partial charge in [-0.25, -0.2) is 0 Å². The lowest BCUT2D eigenvalue weighted by Crippen LogP contribution is -2.36. The maximum Gasteiger partial charge on any atom is 0.188 e. The predicted molar refractivity (Wildman–Crippen MR) is 97.3 cm³/mol. The Morgan fingerprint density at radius 2 is 1.43 bits per heavy atom. The van der Waals surface area contributed by atoms with E-state index in [2.05, 4.69) is 21.3 Å². The van der Waals surface area contributed by atoms with Gasteiger partial charge >= 0.3 is 0 Å². The predicted octanol–water partition coefficient (Wildman–Crippen LogP) is 2.26. The normalized spacial score (nSPS) is 10.0. The lowest BCUT2D eigenvalue weighted by atomic mass is 10.2. The highest BCUT2D eigenvalue weighted by Gasteiger charge is 1.97.